The molecule has 0 fully saturated rings. The number of rotatable bonds is 5. The van der Waals surface area contributed by atoms with Crippen molar-refractivity contribution in [3.63, 3.8) is 0 Å². The predicted molar refractivity (Wildman–Crippen MR) is 227 cm³/mol. The largest absolute Gasteiger partial charge is 0.456 e. The van der Waals surface area contributed by atoms with E-state index in [0.717, 1.165) is 33.6 Å². The topological polar surface area (TPSA) is 16.4 Å². The first-order chi connectivity index (χ1) is 26.3. The minimum absolute atomic E-state index is 0.882. The monoisotopic (exact) mass is 693 g/mol. The van der Waals surface area contributed by atoms with E-state index in [1.807, 2.05) is 11.3 Å². The molecule has 11 aromatic rings. The van der Waals surface area contributed by atoms with Crippen LogP contribution >= 0.6 is 11.3 Å². The highest BCUT2D eigenvalue weighted by Crippen LogP contribution is 2.48. The van der Waals surface area contributed by atoms with Crippen molar-refractivity contribution >= 4 is 92.1 Å². The molecule has 9 aromatic carbocycles. The lowest BCUT2D eigenvalue weighted by molar-refractivity contribution is 0.669. The van der Waals surface area contributed by atoms with Gasteiger partial charge in [-0.1, -0.05) is 127 Å². The molecule has 0 aliphatic rings. The molecule has 0 spiro atoms. The Hall–Kier alpha value is -6.68. The van der Waals surface area contributed by atoms with Crippen molar-refractivity contribution in [3.8, 4) is 22.3 Å². The fourth-order valence-electron chi connectivity index (χ4n) is 8.20. The van der Waals surface area contributed by atoms with Crippen LogP contribution in [0.3, 0.4) is 0 Å². The van der Waals surface area contributed by atoms with Crippen molar-refractivity contribution in [1.29, 1.82) is 0 Å². The van der Waals surface area contributed by atoms with Crippen LogP contribution in [0.1, 0.15) is 0 Å². The van der Waals surface area contributed by atoms with Gasteiger partial charge >= 0.3 is 0 Å². The molecule has 0 radical (unpaired) electrons. The highest BCUT2D eigenvalue weighted by Gasteiger charge is 2.22. The Balaban J connectivity index is 1.13. The first-order valence-corrected chi connectivity index (χ1v) is 18.8. The molecular weight excluding hydrogens is 663 g/mol. The molecule has 2 heterocycles. The van der Waals surface area contributed by atoms with Gasteiger partial charge in [0.2, 0.25) is 0 Å². The van der Waals surface area contributed by atoms with Crippen LogP contribution in [0.2, 0.25) is 0 Å². The summed E-state index contributed by atoms with van der Waals surface area (Å²) in [5, 5.41) is 9.90. The Kier molecular flexibility index (Phi) is 6.76. The molecule has 248 valence electrons. The normalized spacial score (nSPS) is 11.8. The summed E-state index contributed by atoms with van der Waals surface area (Å²) in [5.74, 6) is 0. The number of anilines is 3. The van der Waals surface area contributed by atoms with Crippen molar-refractivity contribution in [1.82, 2.24) is 0 Å². The Morgan fingerprint density at radius 3 is 1.81 bits per heavy atom. The van der Waals surface area contributed by atoms with Crippen LogP contribution in [-0.2, 0) is 0 Å². The molecule has 53 heavy (non-hydrogen) atoms. The number of hydrogen-bond donors (Lipinski definition) is 0. The van der Waals surface area contributed by atoms with Gasteiger partial charge in [0.1, 0.15) is 11.2 Å². The summed E-state index contributed by atoms with van der Waals surface area (Å²) in [6.07, 6.45) is 0. The van der Waals surface area contributed by atoms with Crippen molar-refractivity contribution in [2.75, 3.05) is 4.90 Å². The zero-order valence-corrected chi connectivity index (χ0v) is 29.5. The quantitative estimate of drug-likeness (QED) is 0.167. The standard InChI is InChI=1S/C50H31NOS/c1-2-11-32(12-3-1)33-21-25-36(26-22-33)51(37-27-23-34(24-28-37)43-31-35-13-4-5-14-38(35)39-15-6-7-16-40(39)43)44-18-10-19-45-48(44)49-46(52-45)30-29-42-41-17-8-9-20-47(41)53-50(42)49/h1-31H. The number of benzene rings is 9. The average Bonchev–Trinajstić information content (AvgIpc) is 3.81. The zero-order chi connectivity index (χ0) is 34.9. The Morgan fingerprint density at radius 1 is 0.396 bits per heavy atom. The lowest BCUT2D eigenvalue weighted by atomic mass is 9.93. The van der Waals surface area contributed by atoms with E-state index in [-0.39, 0.29) is 0 Å². The minimum atomic E-state index is 0.882. The second-order valence-electron chi connectivity index (χ2n) is 13.7. The Labute approximate surface area is 310 Å². The van der Waals surface area contributed by atoms with Crippen molar-refractivity contribution in [2.45, 2.75) is 0 Å². The molecule has 0 bridgehead atoms. The first-order valence-electron chi connectivity index (χ1n) is 18.0. The van der Waals surface area contributed by atoms with E-state index in [4.69, 9.17) is 4.42 Å². The molecule has 0 N–H and O–H groups in total. The zero-order valence-electron chi connectivity index (χ0n) is 28.7. The second-order valence-corrected chi connectivity index (χ2v) is 14.7. The van der Waals surface area contributed by atoms with Gasteiger partial charge in [0.25, 0.3) is 0 Å². The third-order valence-electron chi connectivity index (χ3n) is 10.7. The summed E-state index contributed by atoms with van der Waals surface area (Å²) in [6.45, 7) is 0. The minimum Gasteiger partial charge on any atom is -0.456 e. The van der Waals surface area contributed by atoms with E-state index in [2.05, 4.69) is 193 Å². The molecular formula is C50H31NOS. The number of hydrogen-bond acceptors (Lipinski definition) is 3. The maximum Gasteiger partial charge on any atom is 0.137 e. The van der Waals surface area contributed by atoms with Crippen LogP contribution in [0.5, 0.6) is 0 Å². The summed E-state index contributed by atoms with van der Waals surface area (Å²) in [6, 6.07) is 67.8. The summed E-state index contributed by atoms with van der Waals surface area (Å²) in [4.78, 5) is 2.39. The Bertz CT molecular complexity index is 3150. The molecule has 0 aliphatic heterocycles. The molecule has 0 unspecified atom stereocenters. The summed E-state index contributed by atoms with van der Waals surface area (Å²) < 4.78 is 9.17. The molecule has 0 saturated carbocycles. The molecule has 0 saturated heterocycles. The lowest BCUT2D eigenvalue weighted by Gasteiger charge is -2.27. The summed E-state index contributed by atoms with van der Waals surface area (Å²) in [5.41, 5.74) is 9.85. The van der Waals surface area contributed by atoms with Crippen LogP contribution in [0.4, 0.5) is 17.1 Å². The van der Waals surface area contributed by atoms with Gasteiger partial charge < -0.3 is 9.32 Å². The average molecular weight is 694 g/mol. The molecule has 11 rings (SSSR count). The predicted octanol–water partition coefficient (Wildman–Crippen LogP) is 15.1. The maximum absolute atomic E-state index is 6.63. The summed E-state index contributed by atoms with van der Waals surface area (Å²) >= 11 is 1.84. The third kappa shape index (κ3) is 4.78. The SMILES string of the molecule is c1ccc(-c2ccc(N(c3ccc(-c4cc5ccccc5c5ccccc45)cc3)c3cccc4oc5ccc6c7ccccc7sc6c5c34)cc2)cc1. The number of nitrogens with zero attached hydrogens (tertiary/aromatic N) is 1. The van der Waals surface area contributed by atoms with Crippen LogP contribution in [0.25, 0.3) is 85.9 Å². The van der Waals surface area contributed by atoms with Crippen LogP contribution < -0.4 is 4.90 Å². The molecule has 0 aliphatic carbocycles. The lowest BCUT2D eigenvalue weighted by Crippen LogP contribution is -2.10. The van der Waals surface area contributed by atoms with Gasteiger partial charge in [-0.2, -0.15) is 0 Å². The van der Waals surface area contributed by atoms with E-state index < -0.39 is 0 Å². The molecule has 0 amide bonds. The highest BCUT2D eigenvalue weighted by atomic mass is 32.1. The fraction of sp³-hybridized carbons (Fsp3) is 0. The molecule has 2 nitrogen and oxygen atoms in total. The van der Waals surface area contributed by atoms with E-state index in [0.29, 0.717) is 0 Å². The summed E-state index contributed by atoms with van der Waals surface area (Å²) in [7, 11) is 0. The van der Waals surface area contributed by atoms with Crippen LogP contribution in [0.15, 0.2) is 192 Å². The number of furan rings is 1. The van der Waals surface area contributed by atoms with Gasteiger partial charge in [0, 0.05) is 36.9 Å². The van der Waals surface area contributed by atoms with E-state index >= 15 is 0 Å². The van der Waals surface area contributed by atoms with Gasteiger partial charge in [-0.3, -0.25) is 0 Å². The Morgan fingerprint density at radius 2 is 1.02 bits per heavy atom. The van der Waals surface area contributed by atoms with Crippen molar-refractivity contribution in [3.05, 3.63) is 188 Å². The highest BCUT2D eigenvalue weighted by molar-refractivity contribution is 7.26. The number of fused-ring (bicyclic) bond motifs is 10. The van der Waals surface area contributed by atoms with Gasteiger partial charge in [-0.25, -0.2) is 0 Å². The fourth-order valence-corrected chi connectivity index (χ4v) is 9.44. The van der Waals surface area contributed by atoms with E-state index in [1.54, 1.807) is 0 Å². The molecule has 0 atom stereocenters. The first kappa shape index (κ1) is 30.0. The maximum atomic E-state index is 6.63. The van der Waals surface area contributed by atoms with E-state index in [9.17, 15) is 0 Å². The van der Waals surface area contributed by atoms with Crippen molar-refractivity contribution in [2.24, 2.45) is 0 Å². The molecule has 2 aromatic heterocycles. The van der Waals surface area contributed by atoms with Gasteiger partial charge in [0.15, 0.2) is 0 Å². The third-order valence-corrected chi connectivity index (χ3v) is 11.9. The smallest absolute Gasteiger partial charge is 0.137 e. The van der Waals surface area contributed by atoms with Gasteiger partial charge in [-0.15, -0.1) is 11.3 Å². The van der Waals surface area contributed by atoms with Crippen molar-refractivity contribution < 1.29 is 4.42 Å². The second kappa shape index (κ2) is 11.9. The van der Waals surface area contributed by atoms with Gasteiger partial charge in [0.05, 0.1) is 11.1 Å². The van der Waals surface area contributed by atoms with Crippen LogP contribution in [-0.4, -0.2) is 0 Å². The molecule has 3 heteroatoms. The van der Waals surface area contributed by atoms with Gasteiger partial charge in [-0.05, 0) is 104 Å². The van der Waals surface area contributed by atoms with Crippen LogP contribution in [0, 0.1) is 0 Å². The number of thiophene rings is 1. The van der Waals surface area contributed by atoms with E-state index in [1.165, 1.54) is 69.4 Å².